The van der Waals surface area contributed by atoms with E-state index in [0.717, 1.165) is 4.48 Å². The molecule has 57 heavy (non-hydrogen) atoms. The Labute approximate surface area is 342 Å². The van der Waals surface area contributed by atoms with Gasteiger partial charge in [0.2, 0.25) is 0 Å². The van der Waals surface area contributed by atoms with Crippen LogP contribution in [0.15, 0.2) is 5.16 Å². The molecule has 0 spiro atoms. The number of aliphatic hydroxyl groups is 5. The second-order valence-electron chi connectivity index (χ2n) is 19.3. The Morgan fingerprint density at radius 3 is 1.96 bits per heavy atom. The van der Waals surface area contributed by atoms with Crippen molar-refractivity contribution in [1.82, 2.24) is 4.90 Å². The maximum atomic E-state index is 14.1. The predicted octanol–water partition coefficient (Wildman–Crippen LogP) is 2.48. The van der Waals surface area contributed by atoms with Gasteiger partial charge in [-0.15, -0.1) is 0 Å². The molecule has 3 heterocycles. The van der Waals surface area contributed by atoms with Gasteiger partial charge in [-0.25, -0.2) is 0 Å². The molecule has 5 N–H and O–H groups in total. The monoisotopic (exact) mass is 822 g/mol. The van der Waals surface area contributed by atoms with Crippen LogP contribution in [0.2, 0.25) is 0 Å². The Hall–Kier alpha value is -1.54. The molecular formula is C41H79N3O13. The third-order valence-electron chi connectivity index (χ3n) is 12.0. The minimum absolute atomic E-state index is 0.00360. The Balaban J connectivity index is 0.00000210. The number of aliphatic hydroxyl groups excluding tert-OH is 3. The number of methoxy groups -OCH3 is 1. The van der Waals surface area contributed by atoms with Gasteiger partial charge in [0.15, 0.2) is 12.6 Å². The number of likely N-dealkylation sites (N-methyl/N-ethyl adjacent to an activating group) is 1. The first kappa shape index (κ1) is 51.6. The smallest absolute Gasteiger partial charge is 0.311 e. The molecular weight excluding hydrogens is 742 g/mol. The van der Waals surface area contributed by atoms with Gasteiger partial charge in [0.25, 0.3) is 0 Å². The summed E-state index contributed by atoms with van der Waals surface area (Å²) in [6.45, 7) is 16.4. The normalized spacial score (nSPS) is 46.5. The van der Waals surface area contributed by atoms with E-state index < -0.39 is 102 Å². The van der Waals surface area contributed by atoms with Gasteiger partial charge in [0.05, 0.1) is 75.8 Å². The largest absolute Gasteiger partial charge is 0.792 e. The number of carbonyl (C=O) groups excluding carboxylic acids is 1. The van der Waals surface area contributed by atoms with Crippen LogP contribution in [-0.4, -0.2) is 180 Å². The third-order valence-corrected chi connectivity index (χ3v) is 12.0. The summed E-state index contributed by atoms with van der Waals surface area (Å²) >= 11 is 0. The molecule has 336 valence electrons. The van der Waals surface area contributed by atoms with Crippen molar-refractivity contribution in [3.63, 3.8) is 0 Å². The third kappa shape index (κ3) is 13.0. The van der Waals surface area contributed by atoms with Crippen molar-refractivity contribution >= 4 is 11.7 Å². The van der Waals surface area contributed by atoms with Crippen LogP contribution in [0.3, 0.4) is 0 Å². The van der Waals surface area contributed by atoms with Gasteiger partial charge in [-0.1, -0.05) is 27.7 Å². The SMILES string of the molecule is CC[C@H]1OC(=O)[C@H](C)[C@@H](O[C@H]2C[C@@](C)(OC)[C@@H](O)[C@H](C)O2)[C@H](C)[C@@H](O[C@@H]2O[C@H](C)C[C@H](N(C)C)[C@H]2O)[C@](C)(O)C[C@@H](C)/C(=N\[O-])[C@H](C)[C@@H](O)[C@]1(C)O.C[N+](C)(C)C. The molecule has 0 aromatic rings. The van der Waals surface area contributed by atoms with E-state index in [1.54, 1.807) is 48.5 Å². The number of ether oxygens (including phenoxy) is 6. The molecule has 3 fully saturated rings. The Morgan fingerprint density at radius 2 is 1.47 bits per heavy atom. The summed E-state index contributed by atoms with van der Waals surface area (Å²) in [5.74, 6) is -4.40. The summed E-state index contributed by atoms with van der Waals surface area (Å²) in [6, 6.07) is -0.331. The number of carbonyl (C=O) groups is 1. The van der Waals surface area contributed by atoms with Gasteiger partial charge in [-0.2, -0.15) is 0 Å². The standard InChI is InChI=1S/C37H68N2O13.C4H12N/c1-14-25-37(10,45)30(41)20(4)27(38-46)18(2)16-35(8,44)32(52-34-28(40)24(39(11)12)15-19(3)48-34)21(5)29(22(6)33(43)50-25)51-26-17-36(9,47-13)31(42)23(7)49-26;1-5(2,3)4/h18-26,28-32,34,40-42,44-46H,14-17H2,1-13H3;1-4H3/q;+1/p-1/b38-27+;/t18-,19-,20+,21+,22-,23+,24+,25-,26+,28-,29+,30-,31+,32-,34+,35-,36-,37-;/m1./s1. The van der Waals surface area contributed by atoms with Crippen molar-refractivity contribution in [2.75, 3.05) is 49.4 Å². The second-order valence-corrected chi connectivity index (χ2v) is 19.3. The first-order valence-electron chi connectivity index (χ1n) is 20.5. The van der Waals surface area contributed by atoms with Crippen LogP contribution in [0.25, 0.3) is 0 Å². The highest BCUT2D eigenvalue weighted by atomic mass is 16.7. The minimum atomic E-state index is -1.99. The van der Waals surface area contributed by atoms with E-state index >= 15 is 0 Å². The Bertz CT molecular complexity index is 1290. The summed E-state index contributed by atoms with van der Waals surface area (Å²) in [5.41, 5.74) is -4.85. The van der Waals surface area contributed by atoms with E-state index in [2.05, 4.69) is 33.3 Å². The highest BCUT2D eigenvalue weighted by Gasteiger charge is 2.53. The molecule has 0 unspecified atom stereocenters. The number of esters is 1. The van der Waals surface area contributed by atoms with E-state index in [0.29, 0.717) is 6.42 Å². The summed E-state index contributed by atoms with van der Waals surface area (Å²) in [7, 11) is 13.7. The quantitative estimate of drug-likeness (QED) is 0.142. The summed E-state index contributed by atoms with van der Waals surface area (Å²) in [6.07, 6.45) is -9.72. The molecule has 0 amide bonds. The minimum Gasteiger partial charge on any atom is -0.792 e. The van der Waals surface area contributed by atoms with Gasteiger partial charge in [0.1, 0.15) is 23.9 Å². The van der Waals surface area contributed by atoms with Gasteiger partial charge in [0, 0.05) is 37.1 Å². The average molecular weight is 822 g/mol. The first-order valence-corrected chi connectivity index (χ1v) is 20.5. The van der Waals surface area contributed by atoms with Gasteiger partial charge in [-0.3, -0.25) is 4.79 Å². The van der Waals surface area contributed by atoms with Crippen molar-refractivity contribution in [3.05, 3.63) is 5.21 Å². The molecule has 3 rings (SSSR count). The molecule has 18 atom stereocenters. The molecule has 0 saturated carbocycles. The summed E-state index contributed by atoms with van der Waals surface area (Å²) in [5, 5.41) is 73.6. The van der Waals surface area contributed by atoms with E-state index in [-0.39, 0.29) is 37.1 Å². The maximum absolute atomic E-state index is 14.1. The summed E-state index contributed by atoms with van der Waals surface area (Å²) < 4.78 is 38.2. The lowest BCUT2D eigenvalue weighted by Crippen LogP contribution is -2.61. The molecule has 0 aromatic heterocycles. The van der Waals surface area contributed by atoms with E-state index in [1.165, 1.54) is 21.0 Å². The molecule has 0 aliphatic carbocycles. The zero-order chi connectivity index (χ0) is 44.2. The van der Waals surface area contributed by atoms with Gasteiger partial charge < -0.3 is 73.7 Å². The lowest BCUT2D eigenvalue weighted by Gasteiger charge is -2.49. The Morgan fingerprint density at radius 1 is 0.912 bits per heavy atom. The molecule has 3 aliphatic rings. The average Bonchev–Trinajstić information content (AvgIpc) is 3.09. The van der Waals surface area contributed by atoms with E-state index in [1.807, 2.05) is 25.9 Å². The second kappa shape index (κ2) is 20.3. The van der Waals surface area contributed by atoms with Crippen LogP contribution in [-0.2, 0) is 33.2 Å². The van der Waals surface area contributed by atoms with Gasteiger partial charge in [-0.05, 0) is 80.8 Å². The fraction of sp³-hybridized carbons (Fsp3) is 0.951. The Kier molecular flexibility index (Phi) is 18.4. The van der Waals surface area contributed by atoms with Crippen LogP contribution in [0.4, 0.5) is 0 Å². The zero-order valence-electron chi connectivity index (χ0n) is 37.8. The number of rotatable bonds is 7. The van der Waals surface area contributed by atoms with Crippen molar-refractivity contribution in [2.45, 2.75) is 179 Å². The number of hydrogen-bond donors (Lipinski definition) is 5. The van der Waals surface area contributed by atoms with Crippen LogP contribution in [0, 0.1) is 28.9 Å². The lowest BCUT2D eigenvalue weighted by atomic mass is 9.73. The predicted molar refractivity (Wildman–Crippen MR) is 216 cm³/mol. The van der Waals surface area contributed by atoms with Crippen molar-refractivity contribution < 1.29 is 63.2 Å². The molecule has 16 nitrogen and oxygen atoms in total. The van der Waals surface area contributed by atoms with Crippen molar-refractivity contribution in [1.29, 1.82) is 0 Å². The van der Waals surface area contributed by atoms with Crippen LogP contribution in [0.5, 0.6) is 0 Å². The summed E-state index contributed by atoms with van der Waals surface area (Å²) in [4.78, 5) is 16.0. The van der Waals surface area contributed by atoms with Gasteiger partial charge >= 0.3 is 5.97 Å². The molecule has 3 aliphatic heterocycles. The number of hydrogen-bond acceptors (Lipinski definition) is 15. The van der Waals surface area contributed by atoms with Crippen LogP contribution >= 0.6 is 0 Å². The van der Waals surface area contributed by atoms with Crippen molar-refractivity contribution in [2.24, 2.45) is 28.8 Å². The number of cyclic esters (lactones) is 1. The first-order chi connectivity index (χ1) is 26.0. The molecule has 0 aromatic carbocycles. The molecule has 0 bridgehead atoms. The molecule has 16 heteroatoms. The molecule has 3 saturated heterocycles. The highest BCUT2D eigenvalue weighted by Crippen LogP contribution is 2.41. The maximum Gasteiger partial charge on any atom is 0.311 e. The van der Waals surface area contributed by atoms with Crippen LogP contribution in [0.1, 0.15) is 94.9 Å². The fourth-order valence-electron chi connectivity index (χ4n) is 8.59. The number of quaternary nitrogens is 1. The molecule has 0 radical (unpaired) electrons. The van der Waals surface area contributed by atoms with Crippen molar-refractivity contribution in [3.8, 4) is 0 Å². The lowest BCUT2D eigenvalue weighted by molar-refractivity contribution is -0.849. The highest BCUT2D eigenvalue weighted by molar-refractivity contribution is 5.89. The number of nitrogens with zero attached hydrogens (tertiary/aromatic N) is 3. The van der Waals surface area contributed by atoms with E-state index in [4.69, 9.17) is 28.4 Å². The topological polar surface area (TPSA) is 212 Å². The zero-order valence-corrected chi connectivity index (χ0v) is 37.8. The van der Waals surface area contributed by atoms with Crippen LogP contribution < -0.4 is 0 Å². The fourth-order valence-corrected chi connectivity index (χ4v) is 8.59. The van der Waals surface area contributed by atoms with E-state index in [9.17, 15) is 35.5 Å².